The molecule has 1 heterocycles. The third-order valence-corrected chi connectivity index (χ3v) is 5.03. The molecule has 0 aliphatic carbocycles. The van der Waals surface area contributed by atoms with Crippen LogP contribution in [0.2, 0.25) is 5.15 Å². The molecule has 0 atom stereocenters. The molecule has 120 valence electrons. The summed E-state index contributed by atoms with van der Waals surface area (Å²) in [5.74, 6) is -0.671. The van der Waals surface area contributed by atoms with Gasteiger partial charge in [0.05, 0.1) is 24.3 Å². The van der Waals surface area contributed by atoms with E-state index in [1.165, 1.54) is 19.2 Å². The van der Waals surface area contributed by atoms with Gasteiger partial charge in [-0.05, 0) is 18.2 Å². The van der Waals surface area contributed by atoms with E-state index in [1.54, 1.807) is 0 Å². The molecule has 0 amide bonds. The average molecular weight is 379 g/mol. The zero-order valence-electron chi connectivity index (χ0n) is 11.3. The van der Waals surface area contributed by atoms with Gasteiger partial charge in [-0.1, -0.05) is 34.7 Å². The van der Waals surface area contributed by atoms with E-state index in [1.807, 2.05) is 0 Å². The number of carbonyl (C=O) groups excluding carboxylic acids is 1. The van der Waals surface area contributed by atoms with Crippen LogP contribution in [0.3, 0.4) is 0 Å². The van der Waals surface area contributed by atoms with E-state index in [9.17, 15) is 18.0 Å². The molecule has 0 saturated heterocycles. The second kappa shape index (κ2) is 6.78. The second-order valence-electron chi connectivity index (χ2n) is 4.01. The maximum atomic E-state index is 12.9. The van der Waals surface area contributed by atoms with Gasteiger partial charge >= 0.3 is 12.1 Å². The molecule has 23 heavy (non-hydrogen) atoms. The Balaban J connectivity index is 2.35. The molecule has 0 radical (unpaired) electrons. The van der Waals surface area contributed by atoms with Crippen molar-refractivity contribution in [1.82, 2.24) is 4.98 Å². The normalized spacial score (nSPS) is 11.1. The van der Waals surface area contributed by atoms with Crippen molar-refractivity contribution < 1.29 is 22.7 Å². The van der Waals surface area contributed by atoms with Crippen LogP contribution in [0.1, 0.15) is 20.8 Å². The fraction of sp³-hybridized carbons (Fsp3) is 0.154. The van der Waals surface area contributed by atoms with E-state index in [0.29, 0.717) is 0 Å². The number of aromatic nitrogens is 1. The Labute approximate surface area is 141 Å². The third-order valence-electron chi connectivity index (χ3n) is 2.56. The highest BCUT2D eigenvalue weighted by Crippen LogP contribution is 2.39. The molecular weight excluding hydrogens is 373 g/mol. The lowest BCUT2D eigenvalue weighted by molar-refractivity contribution is -0.137. The molecule has 0 spiro atoms. The first kappa shape index (κ1) is 17.6. The highest BCUT2D eigenvalue weighted by atomic mass is 35.5. The van der Waals surface area contributed by atoms with Crippen LogP contribution in [-0.4, -0.2) is 18.1 Å². The number of alkyl halides is 3. The van der Waals surface area contributed by atoms with Crippen molar-refractivity contribution in [2.45, 2.75) is 15.4 Å². The van der Waals surface area contributed by atoms with Gasteiger partial charge in [-0.25, -0.2) is 9.78 Å². The van der Waals surface area contributed by atoms with E-state index < -0.39 is 23.3 Å². The molecule has 1 aromatic carbocycles. The van der Waals surface area contributed by atoms with Crippen molar-refractivity contribution in [1.29, 1.82) is 5.26 Å². The predicted molar refractivity (Wildman–Crippen MR) is 78.7 cm³/mol. The minimum Gasteiger partial charge on any atom is -0.465 e. The second-order valence-corrected chi connectivity index (χ2v) is 6.69. The summed E-state index contributed by atoms with van der Waals surface area (Å²) in [5, 5.41) is 8.68. The topological polar surface area (TPSA) is 63.0 Å². The molecule has 0 unspecified atom stereocenters. The lowest BCUT2D eigenvalue weighted by Gasteiger charge is -2.09. The summed E-state index contributed by atoms with van der Waals surface area (Å²) in [6, 6.07) is 4.81. The number of halogens is 4. The van der Waals surface area contributed by atoms with Gasteiger partial charge < -0.3 is 4.74 Å². The lowest BCUT2D eigenvalue weighted by atomic mass is 10.1. The number of nitriles is 1. The lowest BCUT2D eigenvalue weighted by Crippen LogP contribution is -2.07. The average Bonchev–Trinajstić information content (AvgIpc) is 2.86. The van der Waals surface area contributed by atoms with Gasteiger partial charge in [-0.3, -0.25) is 0 Å². The van der Waals surface area contributed by atoms with Crippen LogP contribution in [0.4, 0.5) is 13.2 Å². The fourth-order valence-corrected chi connectivity index (χ4v) is 3.91. The van der Waals surface area contributed by atoms with E-state index in [-0.39, 0.29) is 19.3 Å². The van der Waals surface area contributed by atoms with Crippen LogP contribution in [0.5, 0.6) is 0 Å². The first-order valence-electron chi connectivity index (χ1n) is 5.80. The molecular formula is C13H6ClF3N2O2S2. The molecule has 4 nitrogen and oxygen atoms in total. The predicted octanol–water partition coefficient (Wildman–Crippen LogP) is 4.62. The summed E-state index contributed by atoms with van der Waals surface area (Å²) in [6.45, 7) is 0. The number of methoxy groups -OCH3 is 1. The van der Waals surface area contributed by atoms with Crippen LogP contribution in [-0.2, 0) is 10.9 Å². The van der Waals surface area contributed by atoms with Crippen LogP contribution in [0, 0.1) is 11.3 Å². The van der Waals surface area contributed by atoms with Gasteiger partial charge in [-0.2, -0.15) is 18.4 Å². The SMILES string of the molecule is COC(=O)c1sc(Sc2ccc(C#N)c(C(F)(F)F)c2)nc1Cl. The largest absolute Gasteiger partial charge is 0.465 e. The molecule has 0 bridgehead atoms. The Morgan fingerprint density at radius 1 is 1.48 bits per heavy atom. The number of benzene rings is 1. The number of hydrogen-bond acceptors (Lipinski definition) is 6. The molecule has 1 aromatic heterocycles. The van der Waals surface area contributed by atoms with Crippen molar-refractivity contribution in [3.05, 3.63) is 39.4 Å². The van der Waals surface area contributed by atoms with Gasteiger partial charge in [0.25, 0.3) is 0 Å². The Hall–Kier alpha value is -1.76. The van der Waals surface area contributed by atoms with Crippen LogP contribution >= 0.6 is 34.7 Å². The monoisotopic (exact) mass is 378 g/mol. The standard InChI is InChI=1S/C13H6ClF3N2O2S2/c1-21-11(20)9-10(14)19-12(23-9)22-7-3-2-6(5-18)8(4-7)13(15,16)17/h2-4H,1H3. The zero-order valence-corrected chi connectivity index (χ0v) is 13.7. The number of carbonyl (C=O) groups is 1. The number of nitrogens with zero attached hydrogens (tertiary/aromatic N) is 2. The zero-order chi connectivity index (χ0) is 17.2. The number of thiazole rings is 1. The summed E-state index contributed by atoms with van der Waals surface area (Å²) >= 11 is 7.61. The minimum atomic E-state index is -4.64. The van der Waals surface area contributed by atoms with E-state index in [4.69, 9.17) is 16.9 Å². The molecule has 0 aliphatic rings. The van der Waals surface area contributed by atoms with Crippen molar-refractivity contribution >= 4 is 40.7 Å². The van der Waals surface area contributed by atoms with Crippen molar-refractivity contribution in [3.63, 3.8) is 0 Å². The molecule has 0 fully saturated rings. The molecule has 10 heteroatoms. The maximum Gasteiger partial charge on any atom is 0.417 e. The summed E-state index contributed by atoms with van der Waals surface area (Å²) in [4.78, 5) is 15.6. The highest BCUT2D eigenvalue weighted by Gasteiger charge is 2.34. The van der Waals surface area contributed by atoms with E-state index in [0.717, 1.165) is 35.2 Å². The Bertz CT molecular complexity index is 799. The van der Waals surface area contributed by atoms with Crippen LogP contribution in [0.25, 0.3) is 0 Å². The summed E-state index contributed by atoms with van der Waals surface area (Å²) in [6.07, 6.45) is -4.64. The first-order valence-corrected chi connectivity index (χ1v) is 7.81. The van der Waals surface area contributed by atoms with Gasteiger partial charge in [0.2, 0.25) is 0 Å². The smallest absolute Gasteiger partial charge is 0.417 e. The highest BCUT2D eigenvalue weighted by molar-refractivity contribution is 8.01. The van der Waals surface area contributed by atoms with E-state index in [2.05, 4.69) is 9.72 Å². The van der Waals surface area contributed by atoms with Crippen LogP contribution in [0.15, 0.2) is 27.4 Å². The van der Waals surface area contributed by atoms with Crippen LogP contribution < -0.4 is 0 Å². The molecule has 0 saturated carbocycles. The molecule has 2 rings (SSSR count). The quantitative estimate of drug-likeness (QED) is 0.729. The van der Waals surface area contributed by atoms with Gasteiger partial charge in [0.1, 0.15) is 0 Å². The van der Waals surface area contributed by atoms with Crippen molar-refractivity contribution in [2.24, 2.45) is 0 Å². The van der Waals surface area contributed by atoms with Gasteiger partial charge in [-0.15, -0.1) is 0 Å². The summed E-state index contributed by atoms with van der Waals surface area (Å²) in [5.41, 5.74) is -1.49. The van der Waals surface area contributed by atoms with Gasteiger partial charge in [0.15, 0.2) is 14.4 Å². The third kappa shape index (κ3) is 3.96. The Morgan fingerprint density at radius 3 is 2.74 bits per heavy atom. The number of esters is 1. The van der Waals surface area contributed by atoms with Crippen molar-refractivity contribution in [2.75, 3.05) is 7.11 Å². The molecule has 0 aliphatic heterocycles. The number of hydrogen-bond donors (Lipinski definition) is 0. The minimum absolute atomic E-state index is 0.0707. The Kier molecular flexibility index (Phi) is 5.19. The van der Waals surface area contributed by atoms with Crippen molar-refractivity contribution in [3.8, 4) is 6.07 Å². The number of rotatable bonds is 3. The molecule has 2 aromatic rings. The van der Waals surface area contributed by atoms with Gasteiger partial charge in [0, 0.05) is 4.90 Å². The number of ether oxygens (including phenoxy) is 1. The summed E-state index contributed by atoms with van der Waals surface area (Å²) < 4.78 is 43.6. The maximum absolute atomic E-state index is 12.9. The molecule has 0 N–H and O–H groups in total. The van der Waals surface area contributed by atoms with E-state index >= 15 is 0 Å². The Morgan fingerprint density at radius 2 is 2.17 bits per heavy atom. The summed E-state index contributed by atoms with van der Waals surface area (Å²) in [7, 11) is 1.18. The fourth-order valence-electron chi connectivity index (χ4n) is 1.57. The first-order chi connectivity index (χ1) is 10.8.